The molecule has 2 rings (SSSR count). The van der Waals surface area contributed by atoms with E-state index in [1.807, 2.05) is 17.9 Å². The zero-order chi connectivity index (χ0) is 17.0. The van der Waals surface area contributed by atoms with Gasteiger partial charge in [-0.1, -0.05) is 0 Å². The van der Waals surface area contributed by atoms with Crippen LogP contribution in [0.15, 0.2) is 6.07 Å². The molecule has 1 aliphatic rings. The molecule has 0 bridgehead atoms. The number of carbonyl (C=O) groups excluding carboxylic acids is 1. The molecule has 23 heavy (non-hydrogen) atoms. The van der Waals surface area contributed by atoms with Crippen molar-refractivity contribution in [3.8, 4) is 0 Å². The Labute approximate surface area is 139 Å². The van der Waals surface area contributed by atoms with E-state index in [4.69, 9.17) is 9.84 Å². The SMILES string of the molecule is Cc1cc(C(=O)N2CCC(OCCCO)CC2)c(C)n1C(C)C. The number of hydrogen-bond acceptors (Lipinski definition) is 3. The third-order valence-corrected chi connectivity index (χ3v) is 4.62. The van der Waals surface area contributed by atoms with E-state index in [9.17, 15) is 4.79 Å². The third kappa shape index (κ3) is 4.15. The van der Waals surface area contributed by atoms with Crippen molar-refractivity contribution in [1.29, 1.82) is 0 Å². The molecular formula is C18H30N2O3. The second-order valence-corrected chi connectivity index (χ2v) is 6.69. The minimum absolute atomic E-state index is 0.138. The smallest absolute Gasteiger partial charge is 0.255 e. The molecule has 0 spiro atoms. The topological polar surface area (TPSA) is 54.7 Å². The van der Waals surface area contributed by atoms with Gasteiger partial charge in [-0.05, 0) is 53.0 Å². The summed E-state index contributed by atoms with van der Waals surface area (Å²) in [5.41, 5.74) is 3.03. The summed E-state index contributed by atoms with van der Waals surface area (Å²) in [5, 5.41) is 8.79. The Balaban J connectivity index is 1.96. The fourth-order valence-electron chi connectivity index (χ4n) is 3.50. The van der Waals surface area contributed by atoms with Gasteiger partial charge in [0, 0.05) is 43.7 Å². The molecule has 0 atom stereocenters. The standard InChI is InChI=1S/C18H30N2O3/c1-13(2)20-14(3)12-17(15(20)4)18(22)19-8-6-16(7-9-19)23-11-5-10-21/h12-13,16,21H,5-11H2,1-4H3. The number of likely N-dealkylation sites (tertiary alicyclic amines) is 1. The largest absolute Gasteiger partial charge is 0.396 e. The van der Waals surface area contributed by atoms with Crippen LogP contribution in [0.2, 0.25) is 0 Å². The van der Waals surface area contributed by atoms with Gasteiger partial charge in [0.15, 0.2) is 0 Å². The van der Waals surface area contributed by atoms with Gasteiger partial charge in [-0.15, -0.1) is 0 Å². The van der Waals surface area contributed by atoms with Gasteiger partial charge in [0.05, 0.1) is 11.7 Å². The first-order chi connectivity index (χ1) is 11.0. The summed E-state index contributed by atoms with van der Waals surface area (Å²) in [6, 6.07) is 2.38. The monoisotopic (exact) mass is 322 g/mol. The minimum atomic E-state index is 0.138. The maximum Gasteiger partial charge on any atom is 0.255 e. The Morgan fingerprint density at radius 3 is 2.52 bits per heavy atom. The number of aliphatic hydroxyl groups excluding tert-OH is 1. The lowest BCUT2D eigenvalue weighted by Crippen LogP contribution is -2.41. The molecule has 0 saturated carbocycles. The number of carbonyl (C=O) groups is 1. The van der Waals surface area contributed by atoms with Crippen LogP contribution in [0.4, 0.5) is 0 Å². The number of aromatic nitrogens is 1. The molecule has 1 N–H and O–H groups in total. The minimum Gasteiger partial charge on any atom is -0.396 e. The van der Waals surface area contributed by atoms with Gasteiger partial charge in [-0.2, -0.15) is 0 Å². The number of ether oxygens (including phenoxy) is 1. The lowest BCUT2D eigenvalue weighted by molar-refractivity contribution is 0.00396. The molecule has 1 aromatic heterocycles. The van der Waals surface area contributed by atoms with Gasteiger partial charge in [-0.25, -0.2) is 0 Å². The van der Waals surface area contributed by atoms with Crippen molar-refractivity contribution in [3.05, 3.63) is 23.0 Å². The first-order valence-corrected chi connectivity index (χ1v) is 8.65. The van der Waals surface area contributed by atoms with Crippen molar-refractivity contribution >= 4 is 5.91 Å². The molecule has 1 aromatic rings. The van der Waals surface area contributed by atoms with Crippen LogP contribution < -0.4 is 0 Å². The van der Waals surface area contributed by atoms with Crippen molar-refractivity contribution in [2.75, 3.05) is 26.3 Å². The van der Waals surface area contributed by atoms with E-state index < -0.39 is 0 Å². The summed E-state index contributed by atoms with van der Waals surface area (Å²) in [6.07, 6.45) is 2.65. The number of amides is 1. The lowest BCUT2D eigenvalue weighted by atomic mass is 10.1. The molecule has 5 nitrogen and oxygen atoms in total. The van der Waals surface area contributed by atoms with E-state index >= 15 is 0 Å². The van der Waals surface area contributed by atoms with Crippen LogP contribution in [0.3, 0.4) is 0 Å². The van der Waals surface area contributed by atoms with Gasteiger partial charge < -0.3 is 19.3 Å². The van der Waals surface area contributed by atoms with E-state index in [0.717, 1.165) is 42.9 Å². The Morgan fingerprint density at radius 2 is 2.00 bits per heavy atom. The van der Waals surface area contributed by atoms with Crippen LogP contribution >= 0.6 is 0 Å². The molecule has 0 aliphatic carbocycles. The van der Waals surface area contributed by atoms with Crippen LogP contribution in [0.5, 0.6) is 0 Å². The number of hydrogen-bond donors (Lipinski definition) is 1. The number of nitrogens with zero attached hydrogens (tertiary/aromatic N) is 2. The summed E-state index contributed by atoms with van der Waals surface area (Å²) in [7, 11) is 0. The summed E-state index contributed by atoms with van der Waals surface area (Å²) >= 11 is 0. The second-order valence-electron chi connectivity index (χ2n) is 6.69. The molecule has 1 aliphatic heterocycles. The van der Waals surface area contributed by atoms with Crippen LogP contribution in [0.1, 0.15) is 60.9 Å². The van der Waals surface area contributed by atoms with Crippen LogP contribution in [-0.4, -0.2) is 52.9 Å². The van der Waals surface area contributed by atoms with Gasteiger partial charge >= 0.3 is 0 Å². The fraction of sp³-hybridized carbons (Fsp3) is 0.722. The van der Waals surface area contributed by atoms with E-state index in [-0.39, 0.29) is 18.6 Å². The first kappa shape index (κ1) is 18.0. The number of rotatable bonds is 6. The molecule has 5 heteroatoms. The summed E-state index contributed by atoms with van der Waals surface area (Å²) < 4.78 is 7.95. The summed E-state index contributed by atoms with van der Waals surface area (Å²) in [4.78, 5) is 14.8. The highest BCUT2D eigenvalue weighted by Crippen LogP contribution is 2.23. The average Bonchev–Trinajstić information content (AvgIpc) is 2.82. The summed E-state index contributed by atoms with van der Waals surface area (Å²) in [5.74, 6) is 0.138. The van der Waals surface area contributed by atoms with E-state index in [0.29, 0.717) is 19.1 Å². The molecule has 0 unspecified atom stereocenters. The van der Waals surface area contributed by atoms with Crippen LogP contribution in [0.25, 0.3) is 0 Å². The van der Waals surface area contributed by atoms with E-state index in [2.05, 4.69) is 25.3 Å². The van der Waals surface area contributed by atoms with Crippen molar-refractivity contribution in [3.63, 3.8) is 0 Å². The lowest BCUT2D eigenvalue weighted by Gasteiger charge is -2.32. The Kier molecular flexibility index (Phi) is 6.25. The van der Waals surface area contributed by atoms with Crippen molar-refractivity contribution in [2.24, 2.45) is 0 Å². The molecule has 1 amide bonds. The second kappa shape index (κ2) is 7.97. The van der Waals surface area contributed by atoms with Crippen LogP contribution in [0, 0.1) is 13.8 Å². The van der Waals surface area contributed by atoms with Gasteiger partial charge in [0.25, 0.3) is 5.91 Å². The number of piperidine rings is 1. The zero-order valence-electron chi connectivity index (χ0n) is 14.8. The van der Waals surface area contributed by atoms with E-state index in [1.165, 1.54) is 0 Å². The Bertz CT molecular complexity index is 529. The molecule has 1 saturated heterocycles. The Hall–Kier alpha value is -1.33. The molecule has 1 fully saturated rings. The van der Waals surface area contributed by atoms with Crippen molar-refractivity contribution in [2.45, 2.75) is 59.1 Å². The van der Waals surface area contributed by atoms with Crippen molar-refractivity contribution < 1.29 is 14.6 Å². The normalized spacial score (nSPS) is 16.3. The molecule has 2 heterocycles. The molecular weight excluding hydrogens is 292 g/mol. The third-order valence-electron chi connectivity index (χ3n) is 4.62. The highest BCUT2D eigenvalue weighted by Gasteiger charge is 2.26. The fourth-order valence-corrected chi connectivity index (χ4v) is 3.50. The van der Waals surface area contributed by atoms with Gasteiger partial charge in [0.1, 0.15) is 0 Å². The molecule has 0 radical (unpaired) electrons. The van der Waals surface area contributed by atoms with Crippen LogP contribution in [-0.2, 0) is 4.74 Å². The first-order valence-electron chi connectivity index (χ1n) is 8.65. The maximum atomic E-state index is 12.8. The van der Waals surface area contributed by atoms with E-state index in [1.54, 1.807) is 0 Å². The zero-order valence-corrected chi connectivity index (χ0v) is 14.8. The Morgan fingerprint density at radius 1 is 1.35 bits per heavy atom. The van der Waals surface area contributed by atoms with Gasteiger partial charge in [0.2, 0.25) is 0 Å². The molecule has 0 aromatic carbocycles. The predicted molar refractivity (Wildman–Crippen MR) is 90.9 cm³/mol. The van der Waals surface area contributed by atoms with Crippen molar-refractivity contribution in [1.82, 2.24) is 9.47 Å². The predicted octanol–water partition coefficient (Wildman–Crippen LogP) is 2.69. The average molecular weight is 322 g/mol. The number of aliphatic hydroxyl groups is 1. The maximum absolute atomic E-state index is 12.8. The quantitative estimate of drug-likeness (QED) is 0.819. The highest BCUT2D eigenvalue weighted by atomic mass is 16.5. The molecule has 130 valence electrons. The van der Waals surface area contributed by atoms with Gasteiger partial charge in [-0.3, -0.25) is 4.79 Å². The summed E-state index contributed by atoms with van der Waals surface area (Å²) in [6.45, 7) is 10.6. The number of aryl methyl sites for hydroxylation is 1. The highest BCUT2D eigenvalue weighted by molar-refractivity contribution is 5.95.